The van der Waals surface area contributed by atoms with Crippen LogP contribution in [0, 0.1) is 5.82 Å². The Bertz CT molecular complexity index is 604. The fraction of sp³-hybridized carbons (Fsp3) is 0.154. The molecule has 0 spiro atoms. The fourth-order valence-electron chi connectivity index (χ4n) is 1.43. The van der Waals surface area contributed by atoms with Gasteiger partial charge in [-0.3, -0.25) is 9.59 Å². The monoisotopic (exact) mass is 358 g/mol. The van der Waals surface area contributed by atoms with Crippen molar-refractivity contribution >= 4 is 39.8 Å². The van der Waals surface area contributed by atoms with Crippen molar-refractivity contribution in [3.63, 3.8) is 0 Å². The van der Waals surface area contributed by atoms with Crippen LogP contribution in [-0.2, 0) is 14.4 Å². The molecule has 2 amide bonds. The predicted octanol–water partition coefficient (Wildman–Crippen LogP) is 1.05. The summed E-state index contributed by atoms with van der Waals surface area (Å²) in [5, 5.41) is 10.9. The second-order valence-corrected chi connectivity index (χ2v) is 4.98. The third-order valence-corrected chi connectivity index (χ3v) is 2.89. The molecule has 1 rings (SSSR count). The number of carboxylic acids is 1. The highest BCUT2D eigenvalue weighted by atomic mass is 79.9. The van der Waals surface area contributed by atoms with Crippen molar-refractivity contribution < 1.29 is 23.9 Å². The van der Waals surface area contributed by atoms with Gasteiger partial charge < -0.3 is 16.2 Å². The van der Waals surface area contributed by atoms with E-state index in [2.05, 4.69) is 21.2 Å². The molecule has 0 saturated carbocycles. The number of nitrogens with one attached hydrogen (secondary N) is 1. The van der Waals surface area contributed by atoms with E-state index in [1.807, 2.05) is 0 Å². The van der Waals surface area contributed by atoms with Crippen LogP contribution in [0.1, 0.15) is 12.0 Å². The van der Waals surface area contributed by atoms with E-state index in [1.165, 1.54) is 24.3 Å². The van der Waals surface area contributed by atoms with E-state index in [-0.39, 0.29) is 5.56 Å². The molecule has 8 heteroatoms. The van der Waals surface area contributed by atoms with E-state index in [4.69, 9.17) is 10.8 Å². The summed E-state index contributed by atoms with van der Waals surface area (Å²) in [4.78, 5) is 33.1. The summed E-state index contributed by atoms with van der Waals surface area (Å²) in [7, 11) is 0. The van der Waals surface area contributed by atoms with E-state index >= 15 is 0 Å². The molecule has 21 heavy (non-hydrogen) atoms. The number of carboxylic acid groups (broad SMARTS) is 1. The molecular formula is C13H12BrFN2O4. The smallest absolute Gasteiger partial charge is 0.326 e. The number of carbonyl (C=O) groups is 3. The van der Waals surface area contributed by atoms with Gasteiger partial charge in [-0.25, -0.2) is 9.18 Å². The van der Waals surface area contributed by atoms with Crippen LogP contribution in [0.15, 0.2) is 28.7 Å². The summed E-state index contributed by atoms with van der Waals surface area (Å²) in [6.45, 7) is 0. The number of primary amides is 1. The second-order valence-electron chi connectivity index (χ2n) is 4.07. The molecule has 4 N–H and O–H groups in total. The Hall–Kier alpha value is -2.22. The van der Waals surface area contributed by atoms with E-state index < -0.39 is 36.1 Å². The van der Waals surface area contributed by atoms with Crippen LogP contribution in [0.5, 0.6) is 0 Å². The number of carbonyl (C=O) groups excluding carboxylic acids is 2. The molecule has 1 aromatic rings. The maximum absolute atomic E-state index is 13.4. The zero-order valence-corrected chi connectivity index (χ0v) is 12.3. The summed E-state index contributed by atoms with van der Waals surface area (Å²) in [6.07, 6.45) is 1.64. The highest BCUT2D eigenvalue weighted by Crippen LogP contribution is 2.16. The van der Waals surface area contributed by atoms with Crippen molar-refractivity contribution in [1.29, 1.82) is 0 Å². The van der Waals surface area contributed by atoms with Crippen molar-refractivity contribution in [3.05, 3.63) is 40.1 Å². The SMILES string of the molecule is NC(=O)CC(NC(=O)/C=C/c1cc(Br)ccc1F)C(=O)O. The molecule has 1 unspecified atom stereocenters. The average molecular weight is 359 g/mol. The van der Waals surface area contributed by atoms with Crippen molar-refractivity contribution in [1.82, 2.24) is 5.32 Å². The summed E-state index contributed by atoms with van der Waals surface area (Å²) in [5.74, 6) is -3.55. The normalized spacial score (nSPS) is 12.1. The topological polar surface area (TPSA) is 109 Å². The minimum atomic E-state index is -1.42. The Balaban J connectivity index is 2.75. The summed E-state index contributed by atoms with van der Waals surface area (Å²) >= 11 is 3.16. The molecule has 0 fully saturated rings. The van der Waals surface area contributed by atoms with Crippen LogP contribution >= 0.6 is 15.9 Å². The van der Waals surface area contributed by atoms with Crippen molar-refractivity contribution in [3.8, 4) is 0 Å². The first-order chi connectivity index (χ1) is 9.79. The van der Waals surface area contributed by atoms with Gasteiger partial charge in [0.05, 0.1) is 6.42 Å². The first-order valence-corrected chi connectivity index (χ1v) is 6.53. The minimum absolute atomic E-state index is 0.154. The van der Waals surface area contributed by atoms with Gasteiger partial charge in [0.2, 0.25) is 11.8 Å². The predicted molar refractivity (Wildman–Crippen MR) is 76.5 cm³/mol. The number of benzene rings is 1. The van der Waals surface area contributed by atoms with Crippen molar-refractivity contribution in [2.75, 3.05) is 0 Å². The Morgan fingerprint density at radius 2 is 2.10 bits per heavy atom. The first-order valence-electron chi connectivity index (χ1n) is 5.74. The molecule has 0 radical (unpaired) electrons. The maximum atomic E-state index is 13.4. The van der Waals surface area contributed by atoms with Gasteiger partial charge in [-0.2, -0.15) is 0 Å². The Kier molecular flexibility index (Phi) is 6.04. The lowest BCUT2D eigenvalue weighted by Gasteiger charge is -2.10. The van der Waals surface area contributed by atoms with E-state index in [1.54, 1.807) is 0 Å². The Morgan fingerprint density at radius 3 is 2.67 bits per heavy atom. The van der Waals surface area contributed by atoms with E-state index in [0.29, 0.717) is 4.47 Å². The van der Waals surface area contributed by atoms with Crippen LogP contribution in [0.4, 0.5) is 4.39 Å². The van der Waals surface area contributed by atoms with Gasteiger partial charge in [0, 0.05) is 16.1 Å². The van der Waals surface area contributed by atoms with Gasteiger partial charge in [0.25, 0.3) is 0 Å². The van der Waals surface area contributed by atoms with Crippen LogP contribution in [0.25, 0.3) is 6.08 Å². The van der Waals surface area contributed by atoms with Gasteiger partial charge >= 0.3 is 5.97 Å². The van der Waals surface area contributed by atoms with Gasteiger partial charge in [0.1, 0.15) is 11.9 Å². The zero-order chi connectivity index (χ0) is 16.0. The lowest BCUT2D eigenvalue weighted by atomic mass is 10.2. The third-order valence-electron chi connectivity index (χ3n) is 2.39. The molecule has 0 saturated heterocycles. The number of rotatable bonds is 6. The highest BCUT2D eigenvalue weighted by molar-refractivity contribution is 9.10. The minimum Gasteiger partial charge on any atom is -0.480 e. The number of hydrogen-bond donors (Lipinski definition) is 3. The van der Waals surface area contributed by atoms with E-state index in [9.17, 15) is 18.8 Å². The van der Waals surface area contributed by atoms with Gasteiger partial charge in [0.15, 0.2) is 0 Å². The Morgan fingerprint density at radius 1 is 1.43 bits per heavy atom. The van der Waals surface area contributed by atoms with Gasteiger partial charge in [-0.05, 0) is 24.3 Å². The van der Waals surface area contributed by atoms with Crippen LogP contribution in [0.3, 0.4) is 0 Å². The molecule has 0 aliphatic rings. The summed E-state index contributed by atoms with van der Waals surface area (Å²) < 4.78 is 14.0. The quantitative estimate of drug-likeness (QED) is 0.660. The molecule has 0 aliphatic carbocycles. The van der Waals surface area contributed by atoms with Crippen LogP contribution in [-0.4, -0.2) is 28.9 Å². The zero-order valence-electron chi connectivity index (χ0n) is 10.7. The van der Waals surface area contributed by atoms with E-state index in [0.717, 1.165) is 6.08 Å². The first kappa shape index (κ1) is 16.8. The molecule has 1 aromatic carbocycles. The maximum Gasteiger partial charge on any atom is 0.326 e. The van der Waals surface area contributed by atoms with Crippen LogP contribution in [0.2, 0.25) is 0 Å². The average Bonchev–Trinajstić information content (AvgIpc) is 2.38. The molecule has 0 heterocycles. The van der Waals surface area contributed by atoms with Crippen molar-refractivity contribution in [2.24, 2.45) is 5.73 Å². The summed E-state index contributed by atoms with van der Waals surface area (Å²) in [6, 6.07) is 2.75. The molecule has 0 bridgehead atoms. The number of halogens is 2. The number of amides is 2. The molecule has 0 aliphatic heterocycles. The molecule has 0 aromatic heterocycles. The highest BCUT2D eigenvalue weighted by Gasteiger charge is 2.21. The lowest BCUT2D eigenvalue weighted by Crippen LogP contribution is -2.42. The largest absolute Gasteiger partial charge is 0.480 e. The number of hydrogen-bond acceptors (Lipinski definition) is 3. The van der Waals surface area contributed by atoms with Crippen molar-refractivity contribution in [2.45, 2.75) is 12.5 Å². The molecule has 112 valence electrons. The Labute approximate surface area is 127 Å². The standard InChI is InChI=1S/C13H12BrFN2O4/c14-8-2-3-9(15)7(5-8)1-4-12(19)17-10(13(20)21)6-11(16)18/h1-5,10H,6H2,(H2,16,18)(H,17,19)(H,20,21)/b4-1+. The third kappa shape index (κ3) is 5.74. The number of nitrogens with two attached hydrogens (primary N) is 1. The number of aliphatic carboxylic acids is 1. The second kappa shape index (κ2) is 7.53. The van der Waals surface area contributed by atoms with Crippen LogP contribution < -0.4 is 11.1 Å². The van der Waals surface area contributed by atoms with Gasteiger partial charge in [-0.15, -0.1) is 0 Å². The molecular weight excluding hydrogens is 347 g/mol. The molecule has 6 nitrogen and oxygen atoms in total. The molecule has 1 atom stereocenters. The van der Waals surface area contributed by atoms with Gasteiger partial charge in [-0.1, -0.05) is 15.9 Å². The summed E-state index contributed by atoms with van der Waals surface area (Å²) in [5.41, 5.74) is 5.04. The lowest BCUT2D eigenvalue weighted by molar-refractivity contribution is -0.142. The fourth-order valence-corrected chi connectivity index (χ4v) is 1.81.